The number of hydrogen-bond donors (Lipinski definition) is 0. The van der Waals surface area contributed by atoms with Gasteiger partial charge in [0.1, 0.15) is 5.52 Å². The van der Waals surface area contributed by atoms with Crippen LogP contribution in [0.3, 0.4) is 0 Å². The topological polar surface area (TPSA) is 52.2 Å². The normalized spacial score (nSPS) is 11.4. The summed E-state index contributed by atoms with van der Waals surface area (Å²) in [6, 6.07) is 7.14. The van der Waals surface area contributed by atoms with Gasteiger partial charge < -0.3 is 4.57 Å². The van der Waals surface area contributed by atoms with Gasteiger partial charge in [-0.05, 0) is 23.8 Å². The Bertz CT molecular complexity index is 1090. The number of imidazole rings is 1. The summed E-state index contributed by atoms with van der Waals surface area (Å²) in [7, 11) is 0. The monoisotopic (exact) mass is 344 g/mol. The molecule has 114 valence electrons. The van der Waals surface area contributed by atoms with Gasteiger partial charge in [0.15, 0.2) is 0 Å². The number of halogens is 2. The molecule has 0 radical (unpaired) electrons. The van der Waals surface area contributed by atoms with Crippen LogP contribution in [-0.4, -0.2) is 18.9 Å². The van der Waals surface area contributed by atoms with Gasteiger partial charge in [0.05, 0.1) is 35.1 Å². The first-order chi connectivity index (χ1) is 11.1. The molecule has 5 nitrogen and oxygen atoms in total. The van der Waals surface area contributed by atoms with Crippen LogP contribution >= 0.6 is 23.2 Å². The molecule has 0 amide bonds. The van der Waals surface area contributed by atoms with Crippen LogP contribution in [0.2, 0.25) is 10.0 Å². The maximum Gasteiger partial charge on any atom is 0.277 e. The van der Waals surface area contributed by atoms with Gasteiger partial charge >= 0.3 is 0 Å². The predicted octanol–water partition coefficient (Wildman–Crippen LogP) is 3.40. The molecule has 0 atom stereocenters. The number of hydrogen-bond acceptors (Lipinski definition) is 3. The first-order valence-corrected chi connectivity index (χ1v) is 7.63. The maximum absolute atomic E-state index is 12.8. The number of pyridine rings is 1. The van der Waals surface area contributed by atoms with E-state index >= 15 is 0 Å². The molecule has 4 rings (SSSR count). The van der Waals surface area contributed by atoms with E-state index in [0.717, 1.165) is 5.56 Å². The smallest absolute Gasteiger partial charge is 0.277 e. The summed E-state index contributed by atoms with van der Waals surface area (Å²) in [6.07, 6.45) is 6.53. The van der Waals surface area contributed by atoms with E-state index in [2.05, 4.69) is 9.97 Å². The minimum Gasteiger partial charge on any atom is -0.300 e. The molecule has 4 aromatic rings. The van der Waals surface area contributed by atoms with Crippen LogP contribution in [0.5, 0.6) is 0 Å². The van der Waals surface area contributed by atoms with Crippen LogP contribution in [0, 0.1) is 0 Å². The minimum absolute atomic E-state index is 0.155. The second kappa shape index (κ2) is 5.37. The van der Waals surface area contributed by atoms with Crippen molar-refractivity contribution in [1.29, 1.82) is 0 Å². The molecule has 7 heteroatoms. The van der Waals surface area contributed by atoms with Crippen LogP contribution in [0.1, 0.15) is 5.56 Å². The van der Waals surface area contributed by atoms with E-state index in [1.54, 1.807) is 39.8 Å². The molecule has 0 N–H and O–H groups in total. The largest absolute Gasteiger partial charge is 0.300 e. The molecular weight excluding hydrogens is 335 g/mol. The van der Waals surface area contributed by atoms with E-state index in [0.29, 0.717) is 33.1 Å². The van der Waals surface area contributed by atoms with Gasteiger partial charge in [-0.2, -0.15) is 0 Å². The summed E-state index contributed by atoms with van der Waals surface area (Å²) >= 11 is 12.5. The van der Waals surface area contributed by atoms with E-state index < -0.39 is 0 Å². The van der Waals surface area contributed by atoms with Crippen molar-refractivity contribution in [1.82, 2.24) is 18.9 Å². The van der Waals surface area contributed by atoms with Gasteiger partial charge in [-0.25, -0.2) is 4.98 Å². The standard InChI is InChI=1S/C16H10Cl2N4O/c17-11-4-12(18)15-13(5-11)21(8-10-2-1-3-19-6-10)16(23)14-7-20-9-22(14)15/h1-7,9H,8H2. The van der Waals surface area contributed by atoms with Gasteiger partial charge in [-0.3, -0.25) is 14.2 Å². The molecule has 0 bridgehead atoms. The van der Waals surface area contributed by atoms with Crippen molar-refractivity contribution in [3.8, 4) is 0 Å². The number of aromatic nitrogens is 4. The van der Waals surface area contributed by atoms with Crippen LogP contribution in [0.4, 0.5) is 0 Å². The van der Waals surface area contributed by atoms with Crippen LogP contribution in [0.25, 0.3) is 16.6 Å². The van der Waals surface area contributed by atoms with Gasteiger partial charge in [-0.15, -0.1) is 0 Å². The van der Waals surface area contributed by atoms with Gasteiger partial charge in [-0.1, -0.05) is 29.3 Å². The fraction of sp³-hybridized carbons (Fsp3) is 0.0625. The second-order valence-corrected chi connectivity index (χ2v) is 6.00. The molecule has 0 aliphatic rings. The third kappa shape index (κ3) is 2.29. The molecule has 0 unspecified atom stereocenters. The quantitative estimate of drug-likeness (QED) is 0.560. The average molecular weight is 345 g/mol. The Labute approximate surface area is 140 Å². The number of fused-ring (bicyclic) bond motifs is 3. The summed E-state index contributed by atoms with van der Waals surface area (Å²) in [5.74, 6) is 0. The molecule has 3 aromatic heterocycles. The lowest BCUT2D eigenvalue weighted by Crippen LogP contribution is -2.23. The zero-order valence-electron chi connectivity index (χ0n) is 11.8. The fourth-order valence-electron chi connectivity index (χ4n) is 2.71. The third-order valence-corrected chi connectivity index (χ3v) is 4.21. The Morgan fingerprint density at radius 2 is 1.96 bits per heavy atom. The Morgan fingerprint density at radius 1 is 1.09 bits per heavy atom. The summed E-state index contributed by atoms with van der Waals surface area (Å²) in [5, 5.41) is 0.941. The third-order valence-electron chi connectivity index (χ3n) is 3.71. The summed E-state index contributed by atoms with van der Waals surface area (Å²) in [6.45, 7) is 0.377. The van der Waals surface area contributed by atoms with Crippen molar-refractivity contribution in [3.63, 3.8) is 0 Å². The second-order valence-electron chi connectivity index (χ2n) is 5.16. The molecule has 0 aliphatic carbocycles. The Kier molecular flexibility index (Phi) is 3.32. The zero-order chi connectivity index (χ0) is 16.0. The lowest BCUT2D eigenvalue weighted by Gasteiger charge is -2.13. The van der Waals surface area contributed by atoms with E-state index in [4.69, 9.17) is 23.2 Å². The first-order valence-electron chi connectivity index (χ1n) is 6.87. The fourth-order valence-corrected chi connectivity index (χ4v) is 3.28. The van der Waals surface area contributed by atoms with Crippen molar-refractivity contribution in [2.45, 2.75) is 6.54 Å². The highest BCUT2D eigenvalue weighted by Crippen LogP contribution is 2.28. The van der Waals surface area contributed by atoms with E-state index in [1.807, 2.05) is 12.1 Å². The Hall–Kier alpha value is -2.37. The number of benzene rings is 1. The summed E-state index contributed by atoms with van der Waals surface area (Å²) < 4.78 is 3.33. The molecule has 0 aliphatic heterocycles. The molecule has 0 saturated carbocycles. The van der Waals surface area contributed by atoms with Crippen LogP contribution in [0.15, 0.2) is 54.0 Å². The Morgan fingerprint density at radius 3 is 2.74 bits per heavy atom. The molecule has 23 heavy (non-hydrogen) atoms. The maximum atomic E-state index is 12.8. The van der Waals surface area contributed by atoms with Crippen LogP contribution < -0.4 is 5.56 Å². The lowest BCUT2D eigenvalue weighted by molar-refractivity contribution is 0.789. The highest BCUT2D eigenvalue weighted by atomic mass is 35.5. The van der Waals surface area contributed by atoms with Gasteiger partial charge in [0, 0.05) is 17.4 Å². The molecular formula is C16H10Cl2N4O. The van der Waals surface area contributed by atoms with Crippen molar-refractivity contribution in [3.05, 3.63) is 75.1 Å². The molecule has 0 spiro atoms. The predicted molar refractivity (Wildman–Crippen MR) is 90.3 cm³/mol. The molecule has 0 saturated heterocycles. The number of nitrogens with zero attached hydrogens (tertiary/aromatic N) is 4. The van der Waals surface area contributed by atoms with E-state index in [1.165, 1.54) is 6.20 Å². The highest BCUT2D eigenvalue weighted by Gasteiger charge is 2.15. The van der Waals surface area contributed by atoms with Crippen molar-refractivity contribution in [2.75, 3.05) is 0 Å². The van der Waals surface area contributed by atoms with Crippen molar-refractivity contribution < 1.29 is 0 Å². The van der Waals surface area contributed by atoms with Crippen molar-refractivity contribution in [2.24, 2.45) is 0 Å². The molecule has 3 heterocycles. The summed E-state index contributed by atoms with van der Waals surface area (Å²) in [4.78, 5) is 21.0. The van der Waals surface area contributed by atoms with Crippen LogP contribution in [-0.2, 0) is 6.54 Å². The summed E-state index contributed by atoms with van der Waals surface area (Å²) in [5.41, 5.74) is 2.58. The molecule has 0 fully saturated rings. The van der Waals surface area contributed by atoms with Crippen molar-refractivity contribution >= 4 is 39.8 Å². The molecule has 1 aromatic carbocycles. The SMILES string of the molecule is O=c1c2cncn2c2c(Cl)cc(Cl)cc2n1Cc1cccnc1. The zero-order valence-corrected chi connectivity index (χ0v) is 13.3. The van der Waals surface area contributed by atoms with E-state index in [-0.39, 0.29) is 5.56 Å². The van der Waals surface area contributed by atoms with E-state index in [9.17, 15) is 4.79 Å². The number of rotatable bonds is 2. The van der Waals surface area contributed by atoms with Gasteiger partial charge in [0.25, 0.3) is 5.56 Å². The average Bonchev–Trinajstić information content (AvgIpc) is 3.01. The first kappa shape index (κ1) is 14.2. The Balaban J connectivity index is 2.12. The highest BCUT2D eigenvalue weighted by molar-refractivity contribution is 6.38. The lowest BCUT2D eigenvalue weighted by atomic mass is 10.2. The minimum atomic E-state index is -0.155. The van der Waals surface area contributed by atoms with Gasteiger partial charge in [0.2, 0.25) is 0 Å².